The number of nitrogens with one attached hydrogen (secondary N) is 1. The summed E-state index contributed by atoms with van der Waals surface area (Å²) in [5.41, 5.74) is 2.51. The first-order chi connectivity index (χ1) is 8.86. The molecule has 0 fully saturated rings. The molecule has 0 aliphatic rings. The van der Waals surface area contributed by atoms with Crippen LogP contribution in [0.4, 0.5) is 5.69 Å². The summed E-state index contributed by atoms with van der Waals surface area (Å²) >= 11 is 0. The largest absolute Gasteiger partial charge is 0.381 e. The predicted molar refractivity (Wildman–Crippen MR) is 75.3 cm³/mol. The molecule has 6 heteroatoms. The Hall–Kier alpha value is -1.79. The first kappa shape index (κ1) is 13.6. The Morgan fingerprint density at radius 1 is 1.32 bits per heavy atom. The second-order valence-electron chi connectivity index (χ2n) is 4.56. The molecule has 1 heterocycles. The van der Waals surface area contributed by atoms with Crippen molar-refractivity contribution < 1.29 is 8.42 Å². The number of hydrogen-bond acceptors (Lipinski definition) is 3. The van der Waals surface area contributed by atoms with Crippen LogP contribution in [-0.2, 0) is 23.6 Å². The minimum atomic E-state index is -3.68. The second-order valence-corrected chi connectivity index (χ2v) is 6.09. The molecule has 1 aromatic heterocycles. The normalized spacial score (nSPS) is 11.5. The van der Waals surface area contributed by atoms with Gasteiger partial charge in [0, 0.05) is 31.7 Å². The van der Waals surface area contributed by atoms with Crippen molar-refractivity contribution in [2.45, 2.75) is 18.4 Å². The van der Waals surface area contributed by atoms with Crippen molar-refractivity contribution in [2.24, 2.45) is 12.2 Å². The third-order valence-corrected chi connectivity index (χ3v) is 3.94. The molecule has 2 aromatic rings. The van der Waals surface area contributed by atoms with Crippen molar-refractivity contribution in [1.82, 2.24) is 4.57 Å². The molecule has 0 aliphatic carbocycles. The lowest BCUT2D eigenvalue weighted by Gasteiger charge is -2.09. The van der Waals surface area contributed by atoms with Gasteiger partial charge in [0.15, 0.2) is 0 Å². The Morgan fingerprint density at radius 2 is 2.05 bits per heavy atom. The number of hydrogen-bond donors (Lipinski definition) is 2. The van der Waals surface area contributed by atoms with E-state index in [2.05, 4.69) is 5.32 Å². The summed E-state index contributed by atoms with van der Waals surface area (Å²) in [6.45, 7) is 2.36. The number of rotatable bonds is 4. The highest BCUT2D eigenvalue weighted by Crippen LogP contribution is 2.19. The topological polar surface area (TPSA) is 77.1 Å². The zero-order valence-corrected chi connectivity index (χ0v) is 11.7. The molecule has 5 nitrogen and oxygen atoms in total. The Morgan fingerprint density at radius 3 is 2.63 bits per heavy atom. The van der Waals surface area contributed by atoms with Gasteiger partial charge in [-0.3, -0.25) is 0 Å². The van der Waals surface area contributed by atoms with Crippen molar-refractivity contribution in [1.29, 1.82) is 0 Å². The van der Waals surface area contributed by atoms with Gasteiger partial charge in [0.05, 0.1) is 4.90 Å². The van der Waals surface area contributed by atoms with Gasteiger partial charge in [-0.15, -0.1) is 0 Å². The molecule has 0 saturated heterocycles. The van der Waals surface area contributed by atoms with E-state index >= 15 is 0 Å². The fraction of sp³-hybridized carbons (Fsp3) is 0.231. The Bertz CT molecular complexity index is 690. The van der Waals surface area contributed by atoms with Crippen LogP contribution in [0.2, 0.25) is 0 Å². The van der Waals surface area contributed by atoms with Gasteiger partial charge >= 0.3 is 0 Å². The highest BCUT2D eigenvalue weighted by Gasteiger charge is 2.11. The lowest BCUT2D eigenvalue weighted by Crippen LogP contribution is -2.14. The van der Waals surface area contributed by atoms with Gasteiger partial charge in [0.2, 0.25) is 10.0 Å². The highest BCUT2D eigenvalue weighted by molar-refractivity contribution is 7.89. The van der Waals surface area contributed by atoms with Crippen LogP contribution in [0, 0.1) is 6.92 Å². The van der Waals surface area contributed by atoms with Crippen molar-refractivity contribution in [3.05, 3.63) is 47.8 Å². The molecule has 0 aliphatic heterocycles. The molecule has 0 amide bonds. The molecule has 2 rings (SSSR count). The lowest BCUT2D eigenvalue weighted by molar-refractivity contribution is 0.597. The number of anilines is 1. The van der Waals surface area contributed by atoms with E-state index in [9.17, 15) is 8.42 Å². The molecule has 0 unspecified atom stereocenters. The summed E-state index contributed by atoms with van der Waals surface area (Å²) in [5.74, 6) is 0. The summed E-state index contributed by atoms with van der Waals surface area (Å²) in [4.78, 5) is 0.158. The summed E-state index contributed by atoms with van der Waals surface area (Å²) in [5, 5.41) is 8.36. The van der Waals surface area contributed by atoms with Gasteiger partial charge in [-0.2, -0.15) is 0 Å². The van der Waals surface area contributed by atoms with E-state index in [1.165, 1.54) is 0 Å². The molecule has 1 aromatic carbocycles. The van der Waals surface area contributed by atoms with Crippen LogP contribution in [0.1, 0.15) is 11.1 Å². The molecule has 0 saturated carbocycles. The fourth-order valence-corrected chi connectivity index (χ4v) is 2.69. The molecule has 0 bridgehead atoms. The van der Waals surface area contributed by atoms with Crippen molar-refractivity contribution in [3.8, 4) is 0 Å². The van der Waals surface area contributed by atoms with Crippen LogP contribution in [0.25, 0.3) is 0 Å². The smallest absolute Gasteiger partial charge is 0.238 e. The monoisotopic (exact) mass is 279 g/mol. The third-order valence-electron chi connectivity index (χ3n) is 2.88. The van der Waals surface area contributed by atoms with E-state index in [0.29, 0.717) is 12.1 Å². The van der Waals surface area contributed by atoms with Gasteiger partial charge in [-0.1, -0.05) is 6.07 Å². The molecule has 3 N–H and O–H groups in total. The molecule has 19 heavy (non-hydrogen) atoms. The van der Waals surface area contributed by atoms with E-state index in [1.807, 2.05) is 36.1 Å². The van der Waals surface area contributed by atoms with E-state index < -0.39 is 10.0 Å². The van der Waals surface area contributed by atoms with Crippen molar-refractivity contribution in [2.75, 3.05) is 5.32 Å². The number of nitrogens with zero attached hydrogens (tertiary/aromatic N) is 1. The van der Waals surface area contributed by atoms with Crippen LogP contribution >= 0.6 is 0 Å². The first-order valence-electron chi connectivity index (χ1n) is 5.84. The minimum Gasteiger partial charge on any atom is -0.381 e. The maximum absolute atomic E-state index is 11.4. The summed E-state index contributed by atoms with van der Waals surface area (Å²) in [7, 11) is -1.73. The number of aryl methyl sites for hydroxylation is 2. The third kappa shape index (κ3) is 3.36. The van der Waals surface area contributed by atoms with Gasteiger partial charge in [0.1, 0.15) is 0 Å². The van der Waals surface area contributed by atoms with E-state index in [1.54, 1.807) is 19.1 Å². The Labute approximate surface area is 113 Å². The lowest BCUT2D eigenvalue weighted by atomic mass is 10.2. The van der Waals surface area contributed by atoms with E-state index in [4.69, 9.17) is 5.14 Å². The van der Waals surface area contributed by atoms with Crippen LogP contribution in [0.15, 0.2) is 41.6 Å². The fourth-order valence-electron chi connectivity index (χ4n) is 1.89. The minimum absolute atomic E-state index is 0.158. The molecular weight excluding hydrogens is 262 g/mol. The first-order valence-corrected chi connectivity index (χ1v) is 7.39. The maximum atomic E-state index is 11.4. The summed E-state index contributed by atoms with van der Waals surface area (Å²) < 4.78 is 24.8. The molecule has 102 valence electrons. The van der Waals surface area contributed by atoms with Crippen LogP contribution in [-0.4, -0.2) is 13.0 Å². The SMILES string of the molecule is Cc1ccc(NCc2ccn(C)c2)cc1S(N)(=O)=O. The molecule has 0 spiro atoms. The second kappa shape index (κ2) is 5.07. The summed E-state index contributed by atoms with van der Waals surface area (Å²) in [6, 6.07) is 7.15. The van der Waals surface area contributed by atoms with Gasteiger partial charge in [0.25, 0.3) is 0 Å². The van der Waals surface area contributed by atoms with Gasteiger partial charge in [-0.25, -0.2) is 13.6 Å². The standard InChI is InChI=1S/C13H17N3O2S/c1-10-3-4-12(7-13(10)19(14,17)18)15-8-11-5-6-16(2)9-11/h3-7,9,15H,8H2,1-2H3,(H2,14,17,18). The van der Waals surface area contributed by atoms with Crippen LogP contribution < -0.4 is 10.5 Å². The number of nitrogens with two attached hydrogens (primary N) is 1. The van der Waals surface area contributed by atoms with E-state index in [-0.39, 0.29) is 4.90 Å². The zero-order valence-electron chi connectivity index (χ0n) is 10.9. The average molecular weight is 279 g/mol. The average Bonchev–Trinajstić information content (AvgIpc) is 2.72. The zero-order chi connectivity index (χ0) is 14.0. The Kier molecular flexibility index (Phi) is 3.64. The number of aromatic nitrogens is 1. The Balaban J connectivity index is 2.18. The molecule has 0 atom stereocenters. The number of primary sulfonamides is 1. The molecule has 0 radical (unpaired) electrons. The predicted octanol–water partition coefficient (Wildman–Crippen LogP) is 1.59. The molecular formula is C13H17N3O2S. The maximum Gasteiger partial charge on any atom is 0.238 e. The highest BCUT2D eigenvalue weighted by atomic mass is 32.2. The quantitative estimate of drug-likeness (QED) is 0.892. The van der Waals surface area contributed by atoms with Crippen LogP contribution in [0.5, 0.6) is 0 Å². The summed E-state index contributed by atoms with van der Waals surface area (Å²) in [6.07, 6.45) is 3.96. The number of benzene rings is 1. The number of sulfonamides is 1. The van der Waals surface area contributed by atoms with Gasteiger partial charge < -0.3 is 9.88 Å². The van der Waals surface area contributed by atoms with E-state index in [0.717, 1.165) is 11.3 Å². The van der Waals surface area contributed by atoms with Crippen molar-refractivity contribution in [3.63, 3.8) is 0 Å². The van der Waals surface area contributed by atoms with Gasteiger partial charge in [-0.05, 0) is 36.2 Å². The van der Waals surface area contributed by atoms with Crippen LogP contribution in [0.3, 0.4) is 0 Å². The van der Waals surface area contributed by atoms with Crippen molar-refractivity contribution >= 4 is 15.7 Å².